The number of sulfonamides is 1. The fraction of sp³-hybridized carbons (Fsp3) is 0.294. The summed E-state index contributed by atoms with van der Waals surface area (Å²) in [7, 11) is -3.54. The fourth-order valence-corrected chi connectivity index (χ4v) is 3.78. The van der Waals surface area contributed by atoms with Gasteiger partial charge in [0.15, 0.2) is 0 Å². The summed E-state index contributed by atoms with van der Waals surface area (Å²) in [6.07, 6.45) is 0. The van der Waals surface area contributed by atoms with Gasteiger partial charge in [0.05, 0.1) is 19.0 Å². The predicted octanol–water partition coefficient (Wildman–Crippen LogP) is 2.60. The molecule has 1 saturated heterocycles. The summed E-state index contributed by atoms with van der Waals surface area (Å²) < 4.78 is 45.2. The van der Waals surface area contributed by atoms with Gasteiger partial charge >= 0.3 is 0 Å². The van der Waals surface area contributed by atoms with Crippen LogP contribution in [0.15, 0.2) is 48.5 Å². The summed E-state index contributed by atoms with van der Waals surface area (Å²) in [5.41, 5.74) is 2.09. The van der Waals surface area contributed by atoms with Crippen LogP contribution in [0.25, 0.3) is 0 Å². The van der Waals surface area contributed by atoms with Gasteiger partial charge < -0.3 is 9.64 Å². The van der Waals surface area contributed by atoms with E-state index in [4.69, 9.17) is 4.74 Å². The number of hydrogen-bond acceptors (Lipinski definition) is 4. The minimum absolute atomic E-state index is 0.196. The second-order valence-corrected chi connectivity index (χ2v) is 7.36. The van der Waals surface area contributed by atoms with Crippen LogP contribution in [0.5, 0.6) is 0 Å². The van der Waals surface area contributed by atoms with Crippen LogP contribution in [-0.4, -0.2) is 34.7 Å². The Balaban J connectivity index is 1.64. The standard InChI is InChI=1S/C17H19FN2O3S/c18-15-3-1-14(2-4-15)13-24(21,22)19-16-5-7-17(8-6-16)20-9-11-23-12-10-20/h1-8,19H,9-13H2. The summed E-state index contributed by atoms with van der Waals surface area (Å²) in [4.78, 5) is 2.19. The molecule has 1 heterocycles. The van der Waals surface area contributed by atoms with E-state index in [1.54, 1.807) is 12.1 Å². The summed E-state index contributed by atoms with van der Waals surface area (Å²) >= 11 is 0. The molecular formula is C17H19FN2O3S. The van der Waals surface area contributed by atoms with E-state index in [0.717, 1.165) is 18.8 Å². The van der Waals surface area contributed by atoms with Crippen LogP contribution in [0.3, 0.4) is 0 Å². The zero-order valence-electron chi connectivity index (χ0n) is 13.1. The molecule has 1 N–H and O–H groups in total. The van der Waals surface area contributed by atoms with Crippen LogP contribution in [0, 0.1) is 5.82 Å². The minimum Gasteiger partial charge on any atom is -0.378 e. The Bertz CT molecular complexity index is 770. The van der Waals surface area contributed by atoms with Crippen molar-refractivity contribution in [3.8, 4) is 0 Å². The van der Waals surface area contributed by atoms with Crippen molar-refractivity contribution in [1.82, 2.24) is 0 Å². The molecule has 128 valence electrons. The number of nitrogens with one attached hydrogen (secondary N) is 1. The Labute approximate surface area is 141 Å². The van der Waals surface area contributed by atoms with Gasteiger partial charge in [-0.1, -0.05) is 12.1 Å². The molecule has 3 rings (SSSR count). The smallest absolute Gasteiger partial charge is 0.236 e. The summed E-state index contributed by atoms with van der Waals surface area (Å²) in [6.45, 7) is 3.06. The highest BCUT2D eigenvalue weighted by Gasteiger charge is 2.14. The molecule has 0 unspecified atom stereocenters. The van der Waals surface area contributed by atoms with E-state index in [2.05, 4.69) is 9.62 Å². The molecule has 0 spiro atoms. The lowest BCUT2D eigenvalue weighted by Crippen LogP contribution is -2.36. The van der Waals surface area contributed by atoms with E-state index >= 15 is 0 Å². The summed E-state index contributed by atoms with van der Waals surface area (Å²) in [6, 6.07) is 12.7. The number of hydrogen-bond donors (Lipinski definition) is 1. The molecule has 0 saturated carbocycles. The highest BCUT2D eigenvalue weighted by atomic mass is 32.2. The van der Waals surface area contributed by atoms with Crippen molar-refractivity contribution >= 4 is 21.4 Å². The van der Waals surface area contributed by atoms with E-state index in [1.165, 1.54) is 24.3 Å². The third-order valence-electron chi connectivity index (χ3n) is 3.79. The van der Waals surface area contributed by atoms with Gasteiger partial charge in [0.25, 0.3) is 0 Å². The zero-order valence-corrected chi connectivity index (χ0v) is 13.9. The van der Waals surface area contributed by atoms with Crippen LogP contribution in [0.4, 0.5) is 15.8 Å². The van der Waals surface area contributed by atoms with Crippen LogP contribution in [0.2, 0.25) is 0 Å². The fourth-order valence-electron chi connectivity index (χ4n) is 2.58. The number of benzene rings is 2. The van der Waals surface area contributed by atoms with Gasteiger partial charge in [-0.05, 0) is 42.0 Å². The first kappa shape index (κ1) is 16.7. The van der Waals surface area contributed by atoms with Crippen LogP contribution in [-0.2, 0) is 20.5 Å². The molecule has 0 bridgehead atoms. The number of halogens is 1. The van der Waals surface area contributed by atoms with Crippen LogP contribution < -0.4 is 9.62 Å². The van der Waals surface area contributed by atoms with Gasteiger partial charge in [-0.2, -0.15) is 0 Å². The lowest BCUT2D eigenvalue weighted by molar-refractivity contribution is 0.122. The Morgan fingerprint density at radius 1 is 1.00 bits per heavy atom. The van der Waals surface area contributed by atoms with Crippen molar-refractivity contribution in [2.75, 3.05) is 35.9 Å². The van der Waals surface area contributed by atoms with Crippen molar-refractivity contribution in [2.45, 2.75) is 5.75 Å². The molecule has 0 aromatic heterocycles. The summed E-state index contributed by atoms with van der Waals surface area (Å²) in [5, 5.41) is 0. The third kappa shape index (κ3) is 4.46. The van der Waals surface area contributed by atoms with Gasteiger partial charge in [0.1, 0.15) is 5.82 Å². The van der Waals surface area contributed by atoms with Crippen LogP contribution in [0.1, 0.15) is 5.56 Å². The molecule has 7 heteroatoms. The first-order valence-corrected chi connectivity index (χ1v) is 9.35. The third-order valence-corrected chi connectivity index (χ3v) is 5.05. The molecule has 2 aromatic rings. The zero-order chi connectivity index (χ0) is 17.0. The maximum atomic E-state index is 12.9. The number of morpholine rings is 1. The van der Waals surface area contributed by atoms with E-state index in [-0.39, 0.29) is 11.6 Å². The van der Waals surface area contributed by atoms with Crippen molar-refractivity contribution in [3.63, 3.8) is 0 Å². The van der Waals surface area contributed by atoms with Crippen molar-refractivity contribution in [1.29, 1.82) is 0 Å². The maximum absolute atomic E-state index is 12.9. The van der Waals surface area contributed by atoms with E-state index < -0.39 is 10.0 Å². The van der Waals surface area contributed by atoms with Crippen LogP contribution >= 0.6 is 0 Å². The highest BCUT2D eigenvalue weighted by Crippen LogP contribution is 2.20. The van der Waals surface area contributed by atoms with Gasteiger partial charge in [0.2, 0.25) is 10.0 Å². The molecule has 1 aliphatic rings. The summed E-state index contributed by atoms with van der Waals surface area (Å²) in [5.74, 6) is -0.582. The van der Waals surface area contributed by atoms with Gasteiger partial charge in [-0.25, -0.2) is 12.8 Å². The molecule has 2 aromatic carbocycles. The molecule has 0 amide bonds. The molecule has 1 fully saturated rings. The quantitative estimate of drug-likeness (QED) is 0.901. The average molecular weight is 350 g/mol. The van der Waals surface area contributed by atoms with E-state index in [9.17, 15) is 12.8 Å². The molecule has 0 atom stereocenters. The Morgan fingerprint density at radius 2 is 1.62 bits per heavy atom. The molecule has 1 aliphatic heterocycles. The van der Waals surface area contributed by atoms with E-state index in [0.29, 0.717) is 24.5 Å². The maximum Gasteiger partial charge on any atom is 0.236 e. The number of nitrogens with zero attached hydrogens (tertiary/aromatic N) is 1. The predicted molar refractivity (Wildman–Crippen MR) is 92.1 cm³/mol. The Morgan fingerprint density at radius 3 is 2.25 bits per heavy atom. The molecule has 0 aliphatic carbocycles. The Hall–Kier alpha value is -2.12. The monoisotopic (exact) mass is 350 g/mol. The van der Waals surface area contributed by atoms with Gasteiger partial charge in [-0.15, -0.1) is 0 Å². The normalized spacial score (nSPS) is 15.3. The minimum atomic E-state index is -3.54. The Kier molecular flexibility index (Phi) is 5.01. The first-order chi connectivity index (χ1) is 11.5. The van der Waals surface area contributed by atoms with Crippen molar-refractivity contribution in [2.24, 2.45) is 0 Å². The van der Waals surface area contributed by atoms with Gasteiger partial charge in [-0.3, -0.25) is 4.72 Å². The SMILES string of the molecule is O=S(=O)(Cc1ccc(F)cc1)Nc1ccc(N2CCOCC2)cc1. The second kappa shape index (κ2) is 7.19. The van der Waals surface area contributed by atoms with Gasteiger partial charge in [0, 0.05) is 24.5 Å². The molecule has 24 heavy (non-hydrogen) atoms. The van der Waals surface area contributed by atoms with Crippen molar-refractivity contribution < 1.29 is 17.5 Å². The molecule has 0 radical (unpaired) electrons. The second-order valence-electron chi connectivity index (χ2n) is 5.63. The molecular weight excluding hydrogens is 331 g/mol. The number of ether oxygens (including phenoxy) is 1. The largest absolute Gasteiger partial charge is 0.378 e. The van der Waals surface area contributed by atoms with E-state index in [1.807, 2.05) is 12.1 Å². The van der Waals surface area contributed by atoms with Crippen molar-refractivity contribution in [3.05, 3.63) is 59.9 Å². The number of anilines is 2. The number of rotatable bonds is 5. The highest BCUT2D eigenvalue weighted by molar-refractivity contribution is 7.91. The average Bonchev–Trinajstić information content (AvgIpc) is 2.58. The first-order valence-electron chi connectivity index (χ1n) is 7.69. The molecule has 5 nitrogen and oxygen atoms in total. The topological polar surface area (TPSA) is 58.6 Å². The lowest BCUT2D eigenvalue weighted by atomic mass is 10.2. The lowest BCUT2D eigenvalue weighted by Gasteiger charge is -2.28.